The van der Waals surface area contributed by atoms with Crippen LogP contribution in [-0.2, 0) is 0 Å². The predicted molar refractivity (Wildman–Crippen MR) is 62.6 cm³/mol. The van der Waals surface area contributed by atoms with Crippen LogP contribution in [0.1, 0.15) is 24.9 Å². The fraction of sp³-hybridized carbons (Fsp3) is 0.429. The molecule has 15 heavy (non-hydrogen) atoms. The van der Waals surface area contributed by atoms with Gasteiger partial charge in [-0.05, 0) is 24.8 Å². The minimum Gasteiger partial charge on any atom is -0.290 e. The Bertz CT molecular complexity index is 368. The van der Waals surface area contributed by atoms with Gasteiger partial charge in [-0.1, -0.05) is 42.5 Å². The smallest absolute Gasteiger partial charge is 0.0326 e. The molecule has 1 heterocycles. The lowest BCUT2D eigenvalue weighted by Crippen LogP contribution is -2.32. The molecule has 3 unspecified atom stereocenters. The van der Waals surface area contributed by atoms with Crippen LogP contribution in [-0.4, -0.2) is 17.5 Å². The second-order valence-corrected chi connectivity index (χ2v) is 4.73. The predicted octanol–water partition coefficient (Wildman–Crippen LogP) is 3.01. The van der Waals surface area contributed by atoms with Crippen LogP contribution in [0.15, 0.2) is 42.5 Å². The van der Waals surface area contributed by atoms with E-state index in [1.54, 1.807) is 0 Å². The first-order valence-electron chi connectivity index (χ1n) is 5.83. The summed E-state index contributed by atoms with van der Waals surface area (Å²) in [6.45, 7) is 3.57. The summed E-state index contributed by atoms with van der Waals surface area (Å²) < 4.78 is 0. The van der Waals surface area contributed by atoms with Gasteiger partial charge in [-0.2, -0.15) is 0 Å². The highest BCUT2D eigenvalue weighted by atomic mass is 15.2. The Balaban J connectivity index is 1.81. The molecule has 1 nitrogen and oxygen atoms in total. The lowest BCUT2D eigenvalue weighted by Gasteiger charge is -2.30. The summed E-state index contributed by atoms with van der Waals surface area (Å²) in [4.78, 5) is 2.62. The second kappa shape index (κ2) is 3.49. The number of nitrogens with zero attached hydrogens (tertiary/aromatic N) is 1. The normalized spacial score (nSPS) is 31.0. The van der Waals surface area contributed by atoms with Crippen LogP contribution >= 0.6 is 0 Å². The van der Waals surface area contributed by atoms with Gasteiger partial charge in [-0.3, -0.25) is 4.90 Å². The molecule has 0 spiro atoms. The van der Waals surface area contributed by atoms with Crippen molar-refractivity contribution >= 4 is 0 Å². The van der Waals surface area contributed by atoms with Crippen LogP contribution in [0, 0.1) is 5.92 Å². The molecule has 0 saturated carbocycles. The zero-order chi connectivity index (χ0) is 10.3. The van der Waals surface area contributed by atoms with E-state index in [0.717, 1.165) is 5.92 Å². The fourth-order valence-electron chi connectivity index (χ4n) is 2.91. The average Bonchev–Trinajstić information content (AvgIpc) is 2.91. The second-order valence-electron chi connectivity index (χ2n) is 4.73. The molecule has 78 valence electrons. The molecule has 1 aromatic rings. The van der Waals surface area contributed by atoms with E-state index >= 15 is 0 Å². The van der Waals surface area contributed by atoms with Gasteiger partial charge in [0.15, 0.2) is 0 Å². The summed E-state index contributed by atoms with van der Waals surface area (Å²) in [5.74, 6) is 0.821. The molecule has 1 aliphatic heterocycles. The summed E-state index contributed by atoms with van der Waals surface area (Å²) >= 11 is 0. The molecule has 0 N–H and O–H groups in total. The fourth-order valence-corrected chi connectivity index (χ4v) is 2.91. The Kier molecular flexibility index (Phi) is 2.14. The summed E-state index contributed by atoms with van der Waals surface area (Å²) in [5.41, 5.74) is 1.44. The van der Waals surface area contributed by atoms with Gasteiger partial charge in [-0.15, -0.1) is 0 Å². The van der Waals surface area contributed by atoms with Crippen molar-refractivity contribution in [3.05, 3.63) is 48.0 Å². The summed E-state index contributed by atoms with van der Waals surface area (Å²) in [6, 6.07) is 12.1. The van der Waals surface area contributed by atoms with Crippen LogP contribution < -0.4 is 0 Å². The van der Waals surface area contributed by atoms with Crippen LogP contribution in [0.5, 0.6) is 0 Å². The number of hydrogen-bond acceptors (Lipinski definition) is 1. The quantitative estimate of drug-likeness (QED) is 0.662. The first-order chi connectivity index (χ1) is 7.34. The third-order valence-electron chi connectivity index (χ3n) is 3.80. The van der Waals surface area contributed by atoms with Gasteiger partial charge in [0.2, 0.25) is 0 Å². The summed E-state index contributed by atoms with van der Waals surface area (Å²) in [7, 11) is 0. The maximum absolute atomic E-state index is 2.62. The number of fused-ring (bicyclic) bond motifs is 2. The molecule has 0 amide bonds. The molecule has 1 saturated heterocycles. The number of hydrogen-bond donors (Lipinski definition) is 0. The highest BCUT2D eigenvalue weighted by Gasteiger charge is 2.36. The van der Waals surface area contributed by atoms with Crippen molar-refractivity contribution in [1.82, 2.24) is 4.90 Å². The molecule has 2 bridgehead atoms. The molecule has 3 atom stereocenters. The van der Waals surface area contributed by atoms with E-state index in [2.05, 4.69) is 54.3 Å². The first kappa shape index (κ1) is 9.17. The van der Waals surface area contributed by atoms with Crippen molar-refractivity contribution in [1.29, 1.82) is 0 Å². The Morgan fingerprint density at radius 3 is 2.60 bits per heavy atom. The molecule has 2 aliphatic rings. The van der Waals surface area contributed by atoms with Crippen LogP contribution in [0.4, 0.5) is 0 Å². The van der Waals surface area contributed by atoms with Gasteiger partial charge in [0.25, 0.3) is 0 Å². The largest absolute Gasteiger partial charge is 0.290 e. The Hall–Kier alpha value is -1.08. The monoisotopic (exact) mass is 199 g/mol. The van der Waals surface area contributed by atoms with Gasteiger partial charge in [-0.25, -0.2) is 0 Å². The first-order valence-corrected chi connectivity index (χ1v) is 5.83. The maximum atomic E-state index is 2.62. The molecule has 1 aliphatic carbocycles. The summed E-state index contributed by atoms with van der Waals surface area (Å²) in [5, 5.41) is 0. The maximum Gasteiger partial charge on any atom is 0.0326 e. The molecule has 1 fully saturated rings. The van der Waals surface area contributed by atoms with Crippen LogP contribution in [0.3, 0.4) is 0 Å². The molecular weight excluding hydrogens is 182 g/mol. The Labute approximate surface area is 91.4 Å². The Morgan fingerprint density at radius 1 is 1.20 bits per heavy atom. The van der Waals surface area contributed by atoms with E-state index in [1.165, 1.54) is 18.5 Å². The molecule has 0 aromatic heterocycles. The number of benzene rings is 1. The molecule has 3 rings (SSSR count). The molecule has 1 heteroatoms. The van der Waals surface area contributed by atoms with E-state index in [4.69, 9.17) is 0 Å². The third kappa shape index (κ3) is 1.51. The van der Waals surface area contributed by atoms with Crippen molar-refractivity contribution in [3.8, 4) is 0 Å². The Morgan fingerprint density at radius 2 is 2.00 bits per heavy atom. The van der Waals surface area contributed by atoms with Gasteiger partial charge in [0, 0.05) is 18.6 Å². The minimum absolute atomic E-state index is 0.561. The van der Waals surface area contributed by atoms with Crippen molar-refractivity contribution in [2.75, 3.05) is 6.54 Å². The van der Waals surface area contributed by atoms with Crippen LogP contribution in [0.2, 0.25) is 0 Å². The highest BCUT2D eigenvalue weighted by Crippen LogP contribution is 2.37. The molecular formula is C14H17N. The van der Waals surface area contributed by atoms with Crippen molar-refractivity contribution in [3.63, 3.8) is 0 Å². The van der Waals surface area contributed by atoms with Crippen molar-refractivity contribution in [2.45, 2.75) is 25.4 Å². The standard InChI is InChI=1S/C14H17N/c1-11(13-5-3-2-4-6-13)15-10-12-7-8-14(15)9-12/h2-8,11-12,14H,9-10H2,1H3. The molecule has 0 radical (unpaired) electrons. The number of rotatable bonds is 2. The van der Waals surface area contributed by atoms with Crippen LogP contribution in [0.25, 0.3) is 0 Å². The van der Waals surface area contributed by atoms with Gasteiger partial charge in [0.05, 0.1) is 0 Å². The molecule has 1 aromatic carbocycles. The SMILES string of the molecule is CC(c1ccccc1)N1CC2C=CC1C2. The van der Waals surface area contributed by atoms with E-state index < -0.39 is 0 Å². The topological polar surface area (TPSA) is 3.24 Å². The summed E-state index contributed by atoms with van der Waals surface area (Å²) in [6.07, 6.45) is 6.11. The zero-order valence-corrected chi connectivity index (χ0v) is 9.13. The van der Waals surface area contributed by atoms with Crippen molar-refractivity contribution < 1.29 is 0 Å². The number of likely N-dealkylation sites (tertiary alicyclic amines) is 1. The minimum atomic E-state index is 0.561. The zero-order valence-electron chi connectivity index (χ0n) is 9.13. The average molecular weight is 199 g/mol. The lowest BCUT2D eigenvalue weighted by molar-refractivity contribution is 0.213. The van der Waals surface area contributed by atoms with E-state index in [1.807, 2.05) is 0 Å². The van der Waals surface area contributed by atoms with Crippen molar-refractivity contribution in [2.24, 2.45) is 5.92 Å². The third-order valence-corrected chi connectivity index (χ3v) is 3.80. The van der Waals surface area contributed by atoms with E-state index in [-0.39, 0.29) is 0 Å². The lowest BCUT2D eigenvalue weighted by atomic mass is 10.1. The van der Waals surface area contributed by atoms with E-state index in [0.29, 0.717) is 12.1 Å². The van der Waals surface area contributed by atoms with Gasteiger partial charge < -0.3 is 0 Å². The van der Waals surface area contributed by atoms with E-state index in [9.17, 15) is 0 Å². The highest BCUT2D eigenvalue weighted by molar-refractivity contribution is 5.22. The van der Waals surface area contributed by atoms with Gasteiger partial charge in [0.1, 0.15) is 0 Å². The van der Waals surface area contributed by atoms with Gasteiger partial charge >= 0.3 is 0 Å².